The van der Waals surface area contributed by atoms with Crippen LogP contribution >= 0.6 is 0 Å². The standard InChI is InChI=1S/C9H14N6O3/c10-14-8-6(15(17)18)7(11-5-12-8)13-9(4-16)2-1-3-9/h5,16H,1-4,10H2,(H2,11,12,13,14). The average Bonchev–Trinajstić information content (AvgIpc) is 2.33. The lowest BCUT2D eigenvalue weighted by Crippen LogP contribution is -2.48. The molecule has 98 valence electrons. The Kier molecular flexibility index (Phi) is 3.26. The van der Waals surface area contributed by atoms with Crippen LogP contribution in [0.5, 0.6) is 0 Å². The van der Waals surface area contributed by atoms with E-state index in [1.54, 1.807) is 0 Å². The molecule has 2 rings (SSSR count). The third kappa shape index (κ3) is 2.05. The first-order valence-electron chi connectivity index (χ1n) is 5.47. The van der Waals surface area contributed by atoms with Crippen LogP contribution in [0, 0.1) is 10.1 Å². The predicted molar refractivity (Wildman–Crippen MR) is 63.8 cm³/mol. The van der Waals surface area contributed by atoms with Crippen molar-refractivity contribution in [3.8, 4) is 0 Å². The summed E-state index contributed by atoms with van der Waals surface area (Å²) in [5, 5.41) is 23.3. The van der Waals surface area contributed by atoms with E-state index in [0.29, 0.717) is 0 Å². The number of aromatic nitrogens is 2. The third-order valence-electron chi connectivity index (χ3n) is 3.14. The molecule has 1 aliphatic rings. The Hall–Kier alpha value is -2.00. The molecule has 0 atom stereocenters. The van der Waals surface area contributed by atoms with Gasteiger partial charge in [-0.2, -0.15) is 0 Å². The van der Waals surface area contributed by atoms with Crippen molar-refractivity contribution in [1.29, 1.82) is 0 Å². The van der Waals surface area contributed by atoms with E-state index in [2.05, 4.69) is 20.7 Å². The highest BCUT2D eigenvalue weighted by molar-refractivity contribution is 5.69. The number of nitrogens with zero attached hydrogens (tertiary/aromatic N) is 3. The molecule has 5 N–H and O–H groups in total. The van der Waals surface area contributed by atoms with Gasteiger partial charge in [0.15, 0.2) is 0 Å². The van der Waals surface area contributed by atoms with Crippen LogP contribution in [-0.2, 0) is 0 Å². The second kappa shape index (κ2) is 4.70. The Balaban J connectivity index is 2.35. The Labute approximate surface area is 103 Å². The predicted octanol–water partition coefficient (Wildman–Crippen LogP) is -0.00270. The molecule has 1 aliphatic carbocycles. The summed E-state index contributed by atoms with van der Waals surface area (Å²) in [5.41, 5.74) is 1.32. The van der Waals surface area contributed by atoms with Crippen molar-refractivity contribution >= 4 is 17.3 Å². The van der Waals surface area contributed by atoms with Gasteiger partial charge < -0.3 is 15.8 Å². The van der Waals surface area contributed by atoms with Gasteiger partial charge in [-0.25, -0.2) is 15.8 Å². The van der Waals surface area contributed by atoms with Gasteiger partial charge in [0.25, 0.3) is 0 Å². The van der Waals surface area contributed by atoms with Gasteiger partial charge in [-0.15, -0.1) is 0 Å². The summed E-state index contributed by atoms with van der Waals surface area (Å²) in [5.74, 6) is 5.18. The molecule has 0 saturated heterocycles. The minimum Gasteiger partial charge on any atom is -0.394 e. The smallest absolute Gasteiger partial charge is 0.354 e. The molecular formula is C9H14N6O3. The van der Waals surface area contributed by atoms with Crippen LogP contribution in [0.15, 0.2) is 6.33 Å². The molecule has 0 bridgehead atoms. The normalized spacial score (nSPS) is 16.8. The fraction of sp³-hybridized carbons (Fsp3) is 0.556. The summed E-state index contributed by atoms with van der Waals surface area (Å²) in [4.78, 5) is 17.9. The molecule has 0 unspecified atom stereocenters. The molecule has 1 fully saturated rings. The highest BCUT2D eigenvalue weighted by Gasteiger charge is 2.39. The summed E-state index contributed by atoms with van der Waals surface area (Å²) in [6.45, 7) is -0.0977. The summed E-state index contributed by atoms with van der Waals surface area (Å²) in [6, 6.07) is 0. The number of nitrogen functional groups attached to an aromatic ring is 1. The SMILES string of the molecule is NNc1ncnc(NC2(CO)CCC2)c1[N+](=O)[O-]. The monoisotopic (exact) mass is 254 g/mol. The minimum atomic E-state index is -0.610. The first-order valence-corrected chi connectivity index (χ1v) is 5.47. The topological polar surface area (TPSA) is 139 Å². The lowest BCUT2D eigenvalue weighted by atomic mass is 9.77. The minimum absolute atomic E-state index is 0.0649. The molecule has 0 spiro atoms. The molecule has 0 aliphatic heterocycles. The molecule has 18 heavy (non-hydrogen) atoms. The van der Waals surface area contributed by atoms with Gasteiger partial charge in [-0.05, 0) is 19.3 Å². The van der Waals surface area contributed by atoms with Crippen molar-refractivity contribution < 1.29 is 10.0 Å². The number of rotatable bonds is 5. The van der Waals surface area contributed by atoms with Gasteiger partial charge in [-0.3, -0.25) is 10.1 Å². The van der Waals surface area contributed by atoms with Crippen LogP contribution < -0.4 is 16.6 Å². The lowest BCUT2D eigenvalue weighted by Gasteiger charge is -2.41. The van der Waals surface area contributed by atoms with Gasteiger partial charge in [0.05, 0.1) is 17.1 Å². The maximum absolute atomic E-state index is 11.0. The zero-order valence-corrected chi connectivity index (χ0v) is 9.59. The lowest BCUT2D eigenvalue weighted by molar-refractivity contribution is -0.383. The first-order chi connectivity index (χ1) is 8.62. The van der Waals surface area contributed by atoms with Crippen molar-refractivity contribution in [2.45, 2.75) is 24.8 Å². The van der Waals surface area contributed by atoms with Crippen LogP contribution in [-0.4, -0.2) is 32.1 Å². The van der Waals surface area contributed by atoms with E-state index < -0.39 is 10.5 Å². The summed E-state index contributed by atoms with van der Waals surface area (Å²) in [6.07, 6.45) is 3.63. The quantitative estimate of drug-likeness (QED) is 0.327. The number of aliphatic hydroxyl groups is 1. The fourth-order valence-electron chi connectivity index (χ4n) is 1.93. The van der Waals surface area contributed by atoms with Gasteiger partial charge in [0, 0.05) is 0 Å². The molecule has 1 heterocycles. The fourth-order valence-corrected chi connectivity index (χ4v) is 1.93. The molecule has 0 amide bonds. The zero-order chi connectivity index (χ0) is 13.2. The van der Waals surface area contributed by atoms with E-state index in [-0.39, 0.29) is 23.9 Å². The second-order valence-corrected chi connectivity index (χ2v) is 4.24. The summed E-state index contributed by atoms with van der Waals surface area (Å²) >= 11 is 0. The number of nitrogens with one attached hydrogen (secondary N) is 2. The number of nitrogens with two attached hydrogens (primary N) is 1. The Bertz CT molecular complexity index is 456. The first kappa shape index (κ1) is 12.5. The molecule has 0 aromatic carbocycles. The van der Waals surface area contributed by atoms with E-state index >= 15 is 0 Å². The third-order valence-corrected chi connectivity index (χ3v) is 3.14. The summed E-state index contributed by atoms with van der Waals surface area (Å²) < 4.78 is 0. The van der Waals surface area contributed by atoms with E-state index in [9.17, 15) is 15.2 Å². The van der Waals surface area contributed by atoms with Crippen LogP contribution in [0.2, 0.25) is 0 Å². The second-order valence-electron chi connectivity index (χ2n) is 4.24. The van der Waals surface area contributed by atoms with E-state index in [4.69, 9.17) is 5.84 Å². The molecule has 9 heteroatoms. The van der Waals surface area contributed by atoms with E-state index in [0.717, 1.165) is 19.3 Å². The van der Waals surface area contributed by atoms with Crippen molar-refractivity contribution in [1.82, 2.24) is 9.97 Å². The molecule has 0 radical (unpaired) electrons. The number of nitro groups is 1. The van der Waals surface area contributed by atoms with Gasteiger partial charge >= 0.3 is 5.69 Å². The van der Waals surface area contributed by atoms with Crippen LogP contribution in [0.4, 0.5) is 17.3 Å². The van der Waals surface area contributed by atoms with Crippen LogP contribution in [0.1, 0.15) is 19.3 Å². The van der Waals surface area contributed by atoms with Crippen molar-refractivity contribution in [3.63, 3.8) is 0 Å². The van der Waals surface area contributed by atoms with Crippen LogP contribution in [0.25, 0.3) is 0 Å². The van der Waals surface area contributed by atoms with Gasteiger partial charge in [0.2, 0.25) is 11.6 Å². The van der Waals surface area contributed by atoms with E-state index in [1.165, 1.54) is 6.33 Å². The molecule has 1 aromatic rings. The zero-order valence-electron chi connectivity index (χ0n) is 9.59. The average molecular weight is 254 g/mol. The Morgan fingerprint density at radius 2 is 2.17 bits per heavy atom. The summed E-state index contributed by atoms with van der Waals surface area (Å²) in [7, 11) is 0. The van der Waals surface area contributed by atoms with Crippen molar-refractivity contribution in [2.75, 3.05) is 17.3 Å². The maximum Gasteiger partial charge on any atom is 0.354 e. The number of anilines is 2. The van der Waals surface area contributed by atoms with E-state index in [1.807, 2.05) is 0 Å². The van der Waals surface area contributed by atoms with Crippen molar-refractivity contribution in [2.24, 2.45) is 5.84 Å². The Morgan fingerprint density at radius 1 is 1.50 bits per heavy atom. The number of hydrazine groups is 1. The number of aliphatic hydroxyl groups excluding tert-OH is 1. The highest BCUT2D eigenvalue weighted by Crippen LogP contribution is 2.38. The molecule has 1 aromatic heterocycles. The largest absolute Gasteiger partial charge is 0.394 e. The number of hydrogen-bond donors (Lipinski definition) is 4. The Morgan fingerprint density at radius 3 is 2.61 bits per heavy atom. The van der Waals surface area contributed by atoms with Crippen LogP contribution in [0.3, 0.4) is 0 Å². The maximum atomic E-state index is 11.0. The molecule has 9 nitrogen and oxygen atoms in total. The van der Waals surface area contributed by atoms with Gasteiger partial charge in [0.1, 0.15) is 6.33 Å². The molecular weight excluding hydrogens is 240 g/mol. The number of hydrogen-bond acceptors (Lipinski definition) is 8. The van der Waals surface area contributed by atoms with Gasteiger partial charge in [-0.1, -0.05) is 0 Å². The van der Waals surface area contributed by atoms with Crippen molar-refractivity contribution in [3.05, 3.63) is 16.4 Å². The highest BCUT2D eigenvalue weighted by atomic mass is 16.6. The molecule has 1 saturated carbocycles.